The summed E-state index contributed by atoms with van der Waals surface area (Å²) in [6.45, 7) is 7.93. The lowest BCUT2D eigenvalue weighted by Gasteiger charge is -2.30. The van der Waals surface area contributed by atoms with Gasteiger partial charge >= 0.3 is 11.9 Å². The molecule has 0 aromatic heterocycles. The van der Waals surface area contributed by atoms with Crippen molar-refractivity contribution < 1.29 is 19.1 Å². The maximum atomic E-state index is 12.4. The number of esters is 2. The van der Waals surface area contributed by atoms with Crippen molar-refractivity contribution in [3.8, 4) is 0 Å². The van der Waals surface area contributed by atoms with Crippen LogP contribution >= 0.6 is 0 Å². The van der Waals surface area contributed by atoms with Gasteiger partial charge in [0.25, 0.3) is 0 Å². The summed E-state index contributed by atoms with van der Waals surface area (Å²) in [4.78, 5) is 24.8. The van der Waals surface area contributed by atoms with Gasteiger partial charge in [0.15, 0.2) is 0 Å². The lowest BCUT2D eigenvalue weighted by molar-refractivity contribution is -0.0276. The standard InChI is InChI=1S/C23H28O4/c1-16(2)15-21(17(3)26-22(24)19-11-7-5-8-12-19)18(4)27-23(25)20-13-9-6-10-14-20/h5-14,16-18,21H,15H2,1-4H3. The van der Waals surface area contributed by atoms with Crippen LogP contribution in [0.1, 0.15) is 54.8 Å². The first-order valence-corrected chi connectivity index (χ1v) is 9.40. The molecular weight excluding hydrogens is 340 g/mol. The monoisotopic (exact) mass is 368 g/mol. The van der Waals surface area contributed by atoms with E-state index in [0.29, 0.717) is 17.0 Å². The molecule has 0 saturated carbocycles. The van der Waals surface area contributed by atoms with Crippen molar-refractivity contribution in [2.75, 3.05) is 0 Å². The minimum absolute atomic E-state index is 0.0923. The summed E-state index contributed by atoms with van der Waals surface area (Å²) >= 11 is 0. The van der Waals surface area contributed by atoms with Gasteiger partial charge in [0.1, 0.15) is 12.2 Å². The molecular formula is C23H28O4. The van der Waals surface area contributed by atoms with Gasteiger partial charge in [0.05, 0.1) is 11.1 Å². The molecule has 0 aliphatic heterocycles. The number of hydrogen-bond donors (Lipinski definition) is 0. The third kappa shape index (κ3) is 6.24. The second kappa shape index (κ2) is 9.91. The number of hydrogen-bond acceptors (Lipinski definition) is 4. The van der Waals surface area contributed by atoms with E-state index in [9.17, 15) is 9.59 Å². The van der Waals surface area contributed by atoms with Crippen molar-refractivity contribution in [3.05, 3.63) is 71.8 Å². The SMILES string of the molecule is CC(C)CC(C(C)OC(=O)c1ccccc1)C(C)OC(=O)c1ccccc1. The molecule has 0 amide bonds. The molecule has 0 N–H and O–H groups in total. The predicted molar refractivity (Wildman–Crippen MR) is 106 cm³/mol. The van der Waals surface area contributed by atoms with E-state index in [-0.39, 0.29) is 30.1 Å². The molecule has 2 aromatic carbocycles. The van der Waals surface area contributed by atoms with Gasteiger partial charge in [-0.05, 0) is 50.5 Å². The van der Waals surface area contributed by atoms with Crippen LogP contribution in [0.5, 0.6) is 0 Å². The smallest absolute Gasteiger partial charge is 0.338 e. The average molecular weight is 368 g/mol. The van der Waals surface area contributed by atoms with Crippen LogP contribution < -0.4 is 0 Å². The van der Waals surface area contributed by atoms with Crippen molar-refractivity contribution in [2.24, 2.45) is 11.8 Å². The Hall–Kier alpha value is -2.62. The number of rotatable bonds is 8. The zero-order valence-corrected chi connectivity index (χ0v) is 16.4. The second-order valence-electron chi connectivity index (χ2n) is 7.25. The van der Waals surface area contributed by atoms with Crippen molar-refractivity contribution >= 4 is 11.9 Å². The Morgan fingerprint density at radius 2 is 1.07 bits per heavy atom. The van der Waals surface area contributed by atoms with Crippen molar-refractivity contribution in [3.63, 3.8) is 0 Å². The van der Waals surface area contributed by atoms with Crippen LogP contribution in [-0.4, -0.2) is 24.1 Å². The minimum atomic E-state index is -0.376. The molecule has 2 atom stereocenters. The number of ether oxygens (including phenoxy) is 2. The Labute approximate surface area is 161 Å². The molecule has 27 heavy (non-hydrogen) atoms. The molecule has 2 aromatic rings. The van der Waals surface area contributed by atoms with Gasteiger partial charge in [0.2, 0.25) is 0 Å². The molecule has 0 fully saturated rings. The summed E-state index contributed by atoms with van der Waals surface area (Å²) in [5.74, 6) is -0.437. The van der Waals surface area contributed by atoms with Crippen LogP contribution in [0.15, 0.2) is 60.7 Å². The van der Waals surface area contributed by atoms with E-state index in [1.54, 1.807) is 48.5 Å². The summed E-state index contributed by atoms with van der Waals surface area (Å²) in [5, 5.41) is 0. The van der Waals surface area contributed by atoms with E-state index in [1.165, 1.54) is 0 Å². The van der Waals surface area contributed by atoms with E-state index < -0.39 is 0 Å². The lowest BCUT2D eigenvalue weighted by atomic mass is 9.88. The summed E-state index contributed by atoms with van der Waals surface area (Å²) in [7, 11) is 0. The number of carbonyl (C=O) groups is 2. The Morgan fingerprint density at radius 3 is 1.41 bits per heavy atom. The maximum Gasteiger partial charge on any atom is 0.338 e. The molecule has 4 heteroatoms. The average Bonchev–Trinajstić information content (AvgIpc) is 2.67. The first kappa shape index (κ1) is 20.7. The molecule has 2 rings (SSSR count). The van der Waals surface area contributed by atoms with Gasteiger partial charge in [-0.1, -0.05) is 50.2 Å². The van der Waals surface area contributed by atoms with Crippen LogP contribution in [0, 0.1) is 11.8 Å². The fourth-order valence-electron chi connectivity index (χ4n) is 3.11. The first-order chi connectivity index (χ1) is 12.9. The van der Waals surface area contributed by atoms with Crippen LogP contribution in [0.4, 0.5) is 0 Å². The highest BCUT2D eigenvalue weighted by Crippen LogP contribution is 2.25. The van der Waals surface area contributed by atoms with Crippen LogP contribution in [-0.2, 0) is 9.47 Å². The Balaban J connectivity index is 2.06. The molecule has 0 saturated heterocycles. The van der Waals surface area contributed by atoms with Crippen molar-refractivity contribution in [1.82, 2.24) is 0 Å². The summed E-state index contributed by atoms with van der Waals surface area (Å²) in [5.41, 5.74) is 1.03. The van der Waals surface area contributed by atoms with Gasteiger partial charge in [-0.25, -0.2) is 9.59 Å². The van der Waals surface area contributed by atoms with E-state index in [2.05, 4.69) is 13.8 Å². The van der Waals surface area contributed by atoms with E-state index in [1.807, 2.05) is 26.0 Å². The third-order valence-electron chi connectivity index (χ3n) is 4.55. The molecule has 4 nitrogen and oxygen atoms in total. The van der Waals surface area contributed by atoms with Gasteiger partial charge in [0, 0.05) is 5.92 Å². The number of benzene rings is 2. The Morgan fingerprint density at radius 1 is 0.704 bits per heavy atom. The largest absolute Gasteiger partial charge is 0.459 e. The van der Waals surface area contributed by atoms with E-state index in [0.717, 1.165) is 6.42 Å². The molecule has 0 aliphatic carbocycles. The van der Waals surface area contributed by atoms with E-state index >= 15 is 0 Å². The van der Waals surface area contributed by atoms with E-state index in [4.69, 9.17) is 9.47 Å². The highest BCUT2D eigenvalue weighted by Gasteiger charge is 2.30. The quantitative estimate of drug-likeness (QED) is 0.606. The van der Waals surface area contributed by atoms with Crippen molar-refractivity contribution in [1.29, 1.82) is 0 Å². The fourth-order valence-corrected chi connectivity index (χ4v) is 3.11. The summed E-state index contributed by atoms with van der Waals surface area (Å²) < 4.78 is 11.4. The molecule has 0 spiro atoms. The zero-order chi connectivity index (χ0) is 19.8. The molecule has 0 bridgehead atoms. The lowest BCUT2D eigenvalue weighted by Crippen LogP contribution is -2.35. The van der Waals surface area contributed by atoms with Gasteiger partial charge in [-0.2, -0.15) is 0 Å². The van der Waals surface area contributed by atoms with Crippen LogP contribution in [0.2, 0.25) is 0 Å². The van der Waals surface area contributed by atoms with Crippen molar-refractivity contribution in [2.45, 2.75) is 46.3 Å². The zero-order valence-electron chi connectivity index (χ0n) is 16.4. The molecule has 0 heterocycles. The minimum Gasteiger partial charge on any atom is -0.459 e. The Kier molecular flexibility index (Phi) is 7.59. The molecule has 0 radical (unpaired) electrons. The maximum absolute atomic E-state index is 12.4. The summed E-state index contributed by atoms with van der Waals surface area (Å²) in [6, 6.07) is 17.8. The second-order valence-corrected chi connectivity index (χ2v) is 7.25. The van der Waals surface area contributed by atoms with Gasteiger partial charge in [-0.3, -0.25) is 0 Å². The normalized spacial score (nSPS) is 14.3. The first-order valence-electron chi connectivity index (χ1n) is 9.40. The Bertz CT molecular complexity index is 665. The van der Waals surface area contributed by atoms with Gasteiger partial charge in [-0.15, -0.1) is 0 Å². The molecule has 2 unspecified atom stereocenters. The highest BCUT2D eigenvalue weighted by atomic mass is 16.6. The third-order valence-corrected chi connectivity index (χ3v) is 4.55. The predicted octanol–water partition coefficient (Wildman–Crippen LogP) is 5.14. The number of carbonyl (C=O) groups excluding carboxylic acids is 2. The van der Waals surface area contributed by atoms with Crippen LogP contribution in [0.3, 0.4) is 0 Å². The molecule has 0 aliphatic rings. The molecule has 144 valence electrons. The van der Waals surface area contributed by atoms with Gasteiger partial charge < -0.3 is 9.47 Å². The summed E-state index contributed by atoms with van der Waals surface area (Å²) in [6.07, 6.45) is 0.0318. The van der Waals surface area contributed by atoms with Crippen LogP contribution in [0.25, 0.3) is 0 Å². The fraction of sp³-hybridized carbons (Fsp3) is 0.391. The topological polar surface area (TPSA) is 52.6 Å². The highest BCUT2D eigenvalue weighted by molar-refractivity contribution is 5.90.